The van der Waals surface area contributed by atoms with Gasteiger partial charge in [0, 0.05) is 18.9 Å². The molecule has 0 aliphatic carbocycles. The first kappa shape index (κ1) is 11.1. The summed E-state index contributed by atoms with van der Waals surface area (Å²) in [6, 6.07) is 0. The molecule has 16 heavy (non-hydrogen) atoms. The van der Waals surface area contributed by atoms with E-state index < -0.39 is 5.97 Å². The number of carboxylic acids is 1. The van der Waals surface area contributed by atoms with E-state index in [0.29, 0.717) is 18.0 Å². The summed E-state index contributed by atoms with van der Waals surface area (Å²) in [5.41, 5.74) is 0.608. The monoisotopic (exact) mass is 224 g/mol. The Hall–Kier alpha value is -1.36. The fourth-order valence-electron chi connectivity index (χ4n) is 2.04. The molecule has 1 aliphatic heterocycles. The van der Waals surface area contributed by atoms with Gasteiger partial charge in [0.25, 0.3) is 0 Å². The van der Waals surface area contributed by atoms with Crippen molar-refractivity contribution < 1.29 is 14.3 Å². The van der Waals surface area contributed by atoms with E-state index in [4.69, 9.17) is 9.52 Å². The van der Waals surface area contributed by atoms with Crippen LogP contribution in [-0.2, 0) is 6.42 Å². The zero-order chi connectivity index (χ0) is 11.5. The molecule has 0 saturated carbocycles. The predicted octanol–water partition coefficient (Wildman–Crippen LogP) is 1.40. The Bertz CT molecular complexity index is 381. The summed E-state index contributed by atoms with van der Waals surface area (Å²) in [6.07, 6.45) is 2.65. The Kier molecular flexibility index (Phi) is 3.24. The highest BCUT2D eigenvalue weighted by Crippen LogP contribution is 2.26. The van der Waals surface area contributed by atoms with E-state index in [2.05, 4.69) is 10.3 Å². The zero-order valence-electron chi connectivity index (χ0n) is 9.32. The van der Waals surface area contributed by atoms with Crippen LogP contribution in [0.4, 0.5) is 0 Å². The van der Waals surface area contributed by atoms with Gasteiger partial charge in [0.2, 0.25) is 5.76 Å². The number of aromatic nitrogens is 1. The fraction of sp³-hybridized carbons (Fsp3) is 0.636. The third-order valence-corrected chi connectivity index (χ3v) is 2.88. The molecule has 1 unspecified atom stereocenters. The lowest BCUT2D eigenvalue weighted by atomic mass is 9.95. The molecule has 5 heteroatoms. The van der Waals surface area contributed by atoms with Gasteiger partial charge in [-0.3, -0.25) is 0 Å². The van der Waals surface area contributed by atoms with Crippen LogP contribution >= 0.6 is 0 Å². The van der Waals surface area contributed by atoms with Gasteiger partial charge in [-0.2, -0.15) is 0 Å². The Morgan fingerprint density at radius 1 is 1.69 bits per heavy atom. The molecule has 0 spiro atoms. The van der Waals surface area contributed by atoms with Crippen LogP contribution in [-0.4, -0.2) is 29.1 Å². The first-order valence-corrected chi connectivity index (χ1v) is 5.66. The first-order valence-electron chi connectivity index (χ1n) is 5.66. The van der Waals surface area contributed by atoms with Gasteiger partial charge in [0.1, 0.15) is 0 Å². The van der Waals surface area contributed by atoms with Crippen molar-refractivity contribution in [2.24, 2.45) is 0 Å². The van der Waals surface area contributed by atoms with Crippen molar-refractivity contribution in [1.82, 2.24) is 10.3 Å². The normalized spacial score (nSPS) is 20.9. The van der Waals surface area contributed by atoms with Gasteiger partial charge >= 0.3 is 5.97 Å². The van der Waals surface area contributed by atoms with Crippen molar-refractivity contribution >= 4 is 5.97 Å². The molecule has 2 rings (SSSR count). The fourth-order valence-corrected chi connectivity index (χ4v) is 2.04. The summed E-state index contributed by atoms with van der Waals surface area (Å²) < 4.78 is 5.24. The molecule has 0 aromatic carbocycles. The average Bonchev–Trinajstić information content (AvgIpc) is 2.74. The van der Waals surface area contributed by atoms with Crippen LogP contribution in [0.1, 0.15) is 47.8 Å². The number of oxazole rings is 1. The van der Waals surface area contributed by atoms with E-state index >= 15 is 0 Å². The summed E-state index contributed by atoms with van der Waals surface area (Å²) in [5, 5.41) is 12.3. The van der Waals surface area contributed by atoms with Crippen molar-refractivity contribution in [1.29, 1.82) is 0 Å². The summed E-state index contributed by atoms with van der Waals surface area (Å²) in [4.78, 5) is 15.3. The summed E-state index contributed by atoms with van der Waals surface area (Å²) in [5.74, 6) is -0.319. The molecular formula is C11H16N2O3. The molecule has 88 valence electrons. The predicted molar refractivity (Wildman–Crippen MR) is 57.7 cm³/mol. The van der Waals surface area contributed by atoms with Crippen molar-refractivity contribution in [2.75, 3.05) is 13.1 Å². The maximum Gasteiger partial charge on any atom is 0.373 e. The molecule has 1 atom stereocenters. The number of piperidine rings is 1. The van der Waals surface area contributed by atoms with Crippen LogP contribution in [0.5, 0.6) is 0 Å². The Balaban J connectivity index is 2.29. The minimum absolute atomic E-state index is 0.0190. The van der Waals surface area contributed by atoms with Crippen molar-refractivity contribution in [3.63, 3.8) is 0 Å². The second kappa shape index (κ2) is 4.65. The van der Waals surface area contributed by atoms with Gasteiger partial charge in [-0.1, -0.05) is 6.92 Å². The smallest absolute Gasteiger partial charge is 0.373 e. The van der Waals surface area contributed by atoms with Crippen molar-refractivity contribution in [3.05, 3.63) is 17.3 Å². The molecule has 1 aromatic rings. The van der Waals surface area contributed by atoms with Gasteiger partial charge in [-0.15, -0.1) is 0 Å². The van der Waals surface area contributed by atoms with Crippen molar-refractivity contribution in [2.45, 2.75) is 32.1 Å². The number of aryl methyl sites for hydroxylation is 1. The third kappa shape index (κ3) is 2.09. The van der Waals surface area contributed by atoms with Crippen LogP contribution in [0.2, 0.25) is 0 Å². The molecule has 0 bridgehead atoms. The second-order valence-electron chi connectivity index (χ2n) is 4.02. The molecule has 1 aromatic heterocycles. The number of rotatable bonds is 3. The molecule has 2 heterocycles. The van der Waals surface area contributed by atoms with E-state index in [-0.39, 0.29) is 11.7 Å². The van der Waals surface area contributed by atoms with Gasteiger partial charge in [0.05, 0.1) is 5.69 Å². The van der Waals surface area contributed by atoms with Crippen LogP contribution in [0.25, 0.3) is 0 Å². The topological polar surface area (TPSA) is 75.4 Å². The quantitative estimate of drug-likeness (QED) is 0.811. The Morgan fingerprint density at radius 3 is 3.06 bits per heavy atom. The van der Waals surface area contributed by atoms with E-state index in [1.54, 1.807) is 0 Å². The highest BCUT2D eigenvalue weighted by atomic mass is 16.4. The van der Waals surface area contributed by atoms with Gasteiger partial charge in [-0.25, -0.2) is 9.78 Å². The number of hydrogen-bond donors (Lipinski definition) is 2. The van der Waals surface area contributed by atoms with Gasteiger partial charge in [-0.05, 0) is 19.4 Å². The number of aromatic carboxylic acids is 1. The van der Waals surface area contributed by atoms with Crippen LogP contribution in [0.3, 0.4) is 0 Å². The summed E-state index contributed by atoms with van der Waals surface area (Å²) >= 11 is 0. The molecule has 1 saturated heterocycles. The largest absolute Gasteiger partial charge is 0.475 e. The van der Waals surface area contributed by atoms with Gasteiger partial charge in [0.15, 0.2) is 5.89 Å². The van der Waals surface area contributed by atoms with E-state index in [9.17, 15) is 4.79 Å². The maximum atomic E-state index is 11.0. The number of hydrogen-bond acceptors (Lipinski definition) is 4. The summed E-state index contributed by atoms with van der Waals surface area (Å²) in [6.45, 7) is 3.69. The molecular weight excluding hydrogens is 208 g/mol. The molecule has 0 radical (unpaired) electrons. The molecule has 0 amide bonds. The minimum Gasteiger partial charge on any atom is -0.475 e. The second-order valence-corrected chi connectivity index (χ2v) is 4.02. The van der Waals surface area contributed by atoms with Crippen LogP contribution in [0.15, 0.2) is 4.42 Å². The first-order chi connectivity index (χ1) is 7.72. The SMILES string of the molecule is CCc1nc(C2CCCNC2)c(C(=O)O)o1. The van der Waals surface area contributed by atoms with Crippen molar-refractivity contribution in [3.8, 4) is 0 Å². The number of carbonyl (C=O) groups is 1. The lowest BCUT2D eigenvalue weighted by molar-refractivity contribution is 0.0658. The highest BCUT2D eigenvalue weighted by molar-refractivity contribution is 5.85. The average molecular weight is 224 g/mol. The lowest BCUT2D eigenvalue weighted by Gasteiger charge is -2.20. The van der Waals surface area contributed by atoms with Gasteiger partial charge < -0.3 is 14.8 Å². The third-order valence-electron chi connectivity index (χ3n) is 2.88. The van der Waals surface area contributed by atoms with Crippen LogP contribution < -0.4 is 5.32 Å². The Morgan fingerprint density at radius 2 is 2.50 bits per heavy atom. The zero-order valence-corrected chi connectivity index (χ0v) is 9.32. The molecule has 1 aliphatic rings. The number of carboxylic acid groups (broad SMARTS) is 1. The van der Waals surface area contributed by atoms with E-state index in [0.717, 1.165) is 25.9 Å². The van der Waals surface area contributed by atoms with E-state index in [1.165, 1.54) is 0 Å². The highest BCUT2D eigenvalue weighted by Gasteiger charge is 2.27. The van der Waals surface area contributed by atoms with E-state index in [1.807, 2.05) is 6.92 Å². The van der Waals surface area contributed by atoms with Crippen LogP contribution in [0, 0.1) is 0 Å². The summed E-state index contributed by atoms with van der Waals surface area (Å²) in [7, 11) is 0. The molecule has 2 N–H and O–H groups in total. The minimum atomic E-state index is -1.02. The standard InChI is InChI=1S/C11H16N2O3/c1-2-8-13-9(10(16-8)11(14)15)7-4-3-5-12-6-7/h7,12H,2-6H2,1H3,(H,14,15). The number of nitrogens with zero attached hydrogens (tertiary/aromatic N) is 1. The lowest BCUT2D eigenvalue weighted by Crippen LogP contribution is -2.29. The maximum absolute atomic E-state index is 11.0. The molecule has 1 fully saturated rings. The Labute approximate surface area is 93.9 Å². The molecule has 5 nitrogen and oxygen atoms in total. The number of nitrogens with one attached hydrogen (secondary N) is 1.